The SMILES string of the molecule is C.C=[N-].I.II.O.[C-]#[N+]CC(O)CC#N.[C-]#[N+]CC([O-])CC#N.[C-]#[N+]CC1CO1. The van der Waals surface area contributed by atoms with Crippen LogP contribution in [0.4, 0.5) is 0 Å². The number of rotatable bonds is 5. The fraction of sp³-hybridized carbons (Fsp3) is 0.625. The minimum absolute atomic E-state index is 0. The molecule has 0 spiro atoms. The monoisotopic (exact) mass is 746 g/mol. The van der Waals surface area contributed by atoms with Crippen LogP contribution in [0.15, 0.2) is 0 Å². The van der Waals surface area contributed by atoms with E-state index in [1.807, 2.05) is 0 Å². The highest BCUT2D eigenvalue weighted by Crippen LogP contribution is 2.07. The molecule has 0 aromatic rings. The van der Waals surface area contributed by atoms with Gasteiger partial charge >= 0.3 is 0 Å². The summed E-state index contributed by atoms with van der Waals surface area (Å²) in [5.41, 5.74) is 0. The quantitative estimate of drug-likeness (QED) is 0.197. The maximum atomic E-state index is 10.3. The van der Waals surface area contributed by atoms with Gasteiger partial charge in [-0.2, -0.15) is 10.5 Å². The van der Waals surface area contributed by atoms with Gasteiger partial charge in [0, 0.05) is 43.7 Å². The van der Waals surface area contributed by atoms with Crippen LogP contribution in [0.3, 0.4) is 0 Å². The number of nitrogens with zero attached hydrogens (tertiary/aromatic N) is 6. The zero-order valence-electron chi connectivity index (χ0n) is 14.8. The fourth-order valence-corrected chi connectivity index (χ4v) is 0.819. The van der Waals surface area contributed by atoms with Gasteiger partial charge in [0.25, 0.3) is 0 Å². The Kier molecular flexibility index (Phi) is 73.1. The van der Waals surface area contributed by atoms with Gasteiger partial charge in [0.15, 0.2) is 6.10 Å². The average molecular weight is 746 g/mol. The van der Waals surface area contributed by atoms with Crippen molar-refractivity contribution in [2.45, 2.75) is 38.6 Å². The summed E-state index contributed by atoms with van der Waals surface area (Å²) in [5, 5.41) is 41.5. The maximum Gasteiger partial charge on any atom is 0.242 e. The van der Waals surface area contributed by atoms with Crippen molar-refractivity contribution in [2.24, 2.45) is 0 Å². The molecule has 1 aliphatic heterocycles. The van der Waals surface area contributed by atoms with Crippen LogP contribution < -0.4 is 5.11 Å². The van der Waals surface area contributed by atoms with Gasteiger partial charge in [-0.25, -0.2) is 26.4 Å². The topological polar surface area (TPSA) is 170 Å². The van der Waals surface area contributed by atoms with Crippen molar-refractivity contribution in [1.82, 2.24) is 0 Å². The molecular formula is C16H25I3N6O4-2. The normalized spacial score (nSPS) is 12.6. The van der Waals surface area contributed by atoms with Gasteiger partial charge in [-0.05, 0) is 6.10 Å². The number of aliphatic hydroxyl groups excluding tert-OH is 1. The van der Waals surface area contributed by atoms with Crippen molar-refractivity contribution >= 4 is 67.9 Å². The predicted molar refractivity (Wildman–Crippen MR) is 139 cm³/mol. The van der Waals surface area contributed by atoms with E-state index in [1.165, 1.54) is 0 Å². The summed E-state index contributed by atoms with van der Waals surface area (Å²) in [6.45, 7) is 22.4. The van der Waals surface area contributed by atoms with Gasteiger partial charge in [0.05, 0.1) is 25.2 Å². The minimum atomic E-state index is -1.00. The standard InChI is InChI=1S/C5H6N2O.C5H5N2O.C4H5NO.CH2N.CH4.I2.HI.H2O/c2*1-7-4-5(8)2-3-6;1-5-2-4-3-6-4;1-2;;1-2;;/h5,8H,2,4H2;5H,2,4H2;4H,2-3H2;1H2;1H4;;1H;1H2/q;-1;;-1;;;;. The lowest BCUT2D eigenvalue weighted by Gasteiger charge is -2.08. The molecule has 0 aliphatic carbocycles. The van der Waals surface area contributed by atoms with Crippen molar-refractivity contribution in [3.8, 4) is 12.1 Å². The molecule has 1 heterocycles. The van der Waals surface area contributed by atoms with E-state index in [0.29, 0.717) is 12.6 Å². The second-order valence-corrected chi connectivity index (χ2v) is 3.98. The van der Waals surface area contributed by atoms with E-state index in [9.17, 15) is 5.11 Å². The van der Waals surface area contributed by atoms with Crippen molar-refractivity contribution in [3.05, 3.63) is 39.7 Å². The molecule has 166 valence electrons. The van der Waals surface area contributed by atoms with Gasteiger partial charge in [-0.1, -0.05) is 7.43 Å². The lowest BCUT2D eigenvalue weighted by Crippen LogP contribution is -2.26. The summed E-state index contributed by atoms with van der Waals surface area (Å²) >= 11 is 4.24. The average Bonchev–Trinajstić information content (AvgIpc) is 3.45. The molecule has 0 radical (unpaired) electrons. The molecule has 0 aromatic heterocycles. The number of nitriles is 2. The molecular weight excluding hydrogens is 721 g/mol. The van der Waals surface area contributed by atoms with E-state index in [4.69, 9.17) is 45.5 Å². The molecule has 3 N–H and O–H groups in total. The van der Waals surface area contributed by atoms with Crippen LogP contribution in [0, 0.1) is 42.4 Å². The van der Waals surface area contributed by atoms with Gasteiger partial charge in [0.2, 0.25) is 19.6 Å². The van der Waals surface area contributed by atoms with E-state index < -0.39 is 12.2 Å². The molecule has 0 bridgehead atoms. The largest absolute Gasteiger partial charge is 0.846 e. The Balaban J connectivity index is -0.0000000441. The fourth-order valence-electron chi connectivity index (χ4n) is 0.819. The lowest BCUT2D eigenvalue weighted by atomic mass is 10.3. The summed E-state index contributed by atoms with van der Waals surface area (Å²) in [7, 11) is 0. The van der Waals surface area contributed by atoms with E-state index in [-0.39, 0.29) is 62.8 Å². The summed E-state index contributed by atoms with van der Waals surface area (Å²) in [5.74, 6) is 0. The number of hydrogen-bond acceptors (Lipinski definition) is 5. The Morgan fingerprint density at radius 1 is 1.14 bits per heavy atom. The molecule has 13 heteroatoms. The zero-order chi connectivity index (χ0) is 21.2. The Morgan fingerprint density at radius 3 is 1.79 bits per heavy atom. The van der Waals surface area contributed by atoms with Gasteiger partial charge in [-0.15, -0.1) is 24.0 Å². The highest BCUT2D eigenvalue weighted by atomic mass is 128. The number of aliphatic hydroxyl groups is 1. The molecule has 1 saturated heterocycles. The van der Waals surface area contributed by atoms with Crippen LogP contribution in [0.5, 0.6) is 0 Å². The molecule has 1 fully saturated rings. The van der Waals surface area contributed by atoms with Gasteiger partial charge in [0.1, 0.15) is 6.10 Å². The predicted octanol–water partition coefficient (Wildman–Crippen LogP) is 2.49. The van der Waals surface area contributed by atoms with E-state index in [0.717, 1.165) is 6.61 Å². The summed E-state index contributed by atoms with van der Waals surface area (Å²) in [6.07, 6.45) is -1.46. The Labute approximate surface area is 213 Å². The second-order valence-electron chi connectivity index (χ2n) is 3.98. The third-order valence-corrected chi connectivity index (χ3v) is 1.94. The summed E-state index contributed by atoms with van der Waals surface area (Å²) < 4.78 is 4.74. The minimum Gasteiger partial charge on any atom is -0.846 e. The number of epoxide rings is 1. The highest BCUT2D eigenvalue weighted by molar-refractivity contribution is 15.0. The molecule has 3 atom stereocenters. The van der Waals surface area contributed by atoms with Crippen LogP contribution in [-0.4, -0.2) is 61.9 Å². The zero-order valence-corrected chi connectivity index (χ0v) is 21.4. The first-order valence-corrected chi connectivity index (χ1v) is 13.0. The number of halogens is 3. The van der Waals surface area contributed by atoms with Gasteiger partial charge in [-0.3, -0.25) is 0 Å². The van der Waals surface area contributed by atoms with Crippen LogP contribution in [0.2, 0.25) is 0 Å². The lowest BCUT2D eigenvalue weighted by molar-refractivity contribution is -0.412. The third kappa shape index (κ3) is 58.4. The number of ether oxygens (including phenoxy) is 1. The van der Waals surface area contributed by atoms with Crippen LogP contribution >= 0.6 is 61.2 Å². The maximum absolute atomic E-state index is 10.3. The Hall–Kier alpha value is -0.850. The molecule has 0 aromatic carbocycles. The summed E-state index contributed by atoms with van der Waals surface area (Å²) in [4.78, 5) is 8.87. The van der Waals surface area contributed by atoms with Crippen molar-refractivity contribution < 1.29 is 20.4 Å². The van der Waals surface area contributed by atoms with Gasteiger partial charge < -0.3 is 40.4 Å². The van der Waals surface area contributed by atoms with Crippen molar-refractivity contribution in [2.75, 3.05) is 26.2 Å². The first-order chi connectivity index (χ1) is 12.5. The van der Waals surface area contributed by atoms with Crippen LogP contribution in [-0.2, 0) is 4.74 Å². The number of hydrogen-bond donors (Lipinski definition) is 1. The third-order valence-electron chi connectivity index (χ3n) is 1.94. The highest BCUT2D eigenvalue weighted by Gasteiger charge is 2.24. The van der Waals surface area contributed by atoms with Crippen molar-refractivity contribution in [3.63, 3.8) is 0 Å². The summed E-state index contributed by atoms with van der Waals surface area (Å²) in [6, 6.07) is 3.46. The Morgan fingerprint density at radius 2 is 1.55 bits per heavy atom. The van der Waals surface area contributed by atoms with Crippen LogP contribution in [0.1, 0.15) is 20.3 Å². The molecule has 1 aliphatic rings. The van der Waals surface area contributed by atoms with Crippen molar-refractivity contribution in [1.29, 1.82) is 10.5 Å². The first kappa shape index (κ1) is 46.4. The molecule has 1 rings (SSSR count). The first-order valence-electron chi connectivity index (χ1n) is 6.70. The van der Waals surface area contributed by atoms with E-state index >= 15 is 0 Å². The van der Waals surface area contributed by atoms with Crippen LogP contribution in [0.25, 0.3) is 19.9 Å². The Bertz CT molecular complexity index is 453. The molecule has 0 saturated carbocycles. The molecule has 29 heavy (non-hydrogen) atoms. The second kappa shape index (κ2) is 45.7. The van der Waals surface area contributed by atoms with E-state index in [2.05, 4.69) is 58.5 Å². The smallest absolute Gasteiger partial charge is 0.242 e. The van der Waals surface area contributed by atoms with E-state index in [1.54, 1.807) is 12.1 Å². The molecule has 0 amide bonds. The molecule has 3 unspecified atom stereocenters. The molecule has 10 nitrogen and oxygen atoms in total.